The number of aliphatic carboxylic acids is 1. The van der Waals surface area contributed by atoms with Crippen LogP contribution in [0.5, 0.6) is 0 Å². The Bertz CT molecular complexity index is 1090. The lowest BCUT2D eigenvalue weighted by atomic mass is 9.85. The number of likely N-dealkylation sites (tertiary alicyclic amines) is 1. The number of carboxylic acid groups (broad SMARTS) is 1. The van der Waals surface area contributed by atoms with Crippen LogP contribution in [0.2, 0.25) is 0 Å². The molecule has 3 rings (SSSR count). The molecule has 0 spiro atoms. The number of aryl methyl sites for hydroxylation is 1. The van der Waals surface area contributed by atoms with E-state index in [2.05, 4.69) is 27.4 Å². The number of aromatic nitrogens is 3. The maximum atomic E-state index is 13.9. The van der Waals surface area contributed by atoms with Crippen LogP contribution in [0.4, 0.5) is 4.79 Å². The predicted molar refractivity (Wildman–Crippen MR) is 133 cm³/mol. The first-order chi connectivity index (χ1) is 17.0. The van der Waals surface area contributed by atoms with Crippen molar-refractivity contribution >= 4 is 23.9 Å². The molecular formula is C25H38N6O6. The number of carbonyl (C=O) groups is 4. The highest BCUT2D eigenvalue weighted by Gasteiger charge is 2.61. The topological polar surface area (TPSA) is 156 Å². The van der Waals surface area contributed by atoms with Crippen LogP contribution in [0.15, 0.2) is 18.9 Å². The SMILES string of the molecule is C=C[C@@H]1C[C@]1(NC(=O)[C@@H]1C[C@@H](n2ncc(C)n2)CN1C(=O)[C@@H](NC(=O)OC(C)(C)C)C(C)(C)C)C(=O)O. The largest absolute Gasteiger partial charge is 0.479 e. The Balaban J connectivity index is 1.90. The van der Waals surface area contributed by atoms with Gasteiger partial charge >= 0.3 is 12.1 Å². The molecule has 2 fully saturated rings. The Morgan fingerprint density at radius 2 is 1.89 bits per heavy atom. The summed E-state index contributed by atoms with van der Waals surface area (Å²) in [6.45, 7) is 16.1. The van der Waals surface area contributed by atoms with Gasteiger partial charge in [0.2, 0.25) is 11.8 Å². The number of carboxylic acids is 1. The molecule has 3 amide bonds. The van der Waals surface area contributed by atoms with E-state index in [1.165, 1.54) is 15.8 Å². The monoisotopic (exact) mass is 518 g/mol. The Hall–Kier alpha value is -3.44. The normalized spacial score (nSPS) is 26.2. The van der Waals surface area contributed by atoms with E-state index in [1.54, 1.807) is 54.7 Å². The van der Waals surface area contributed by atoms with Gasteiger partial charge in [-0.25, -0.2) is 9.59 Å². The van der Waals surface area contributed by atoms with Gasteiger partial charge in [0.05, 0.1) is 17.9 Å². The maximum Gasteiger partial charge on any atom is 0.408 e. The number of rotatable bonds is 7. The highest BCUT2D eigenvalue weighted by molar-refractivity contribution is 5.96. The first-order valence-corrected chi connectivity index (χ1v) is 12.3. The van der Waals surface area contributed by atoms with Gasteiger partial charge in [-0.05, 0) is 39.5 Å². The van der Waals surface area contributed by atoms with Gasteiger partial charge in [-0.3, -0.25) is 9.59 Å². The Kier molecular flexibility index (Phi) is 7.44. The number of hydrogen-bond acceptors (Lipinski definition) is 7. The van der Waals surface area contributed by atoms with Crippen molar-refractivity contribution in [2.75, 3.05) is 6.54 Å². The highest BCUT2D eigenvalue weighted by Crippen LogP contribution is 2.45. The van der Waals surface area contributed by atoms with E-state index in [1.807, 2.05) is 0 Å². The summed E-state index contributed by atoms with van der Waals surface area (Å²) in [6, 6.07) is -2.42. The minimum Gasteiger partial charge on any atom is -0.479 e. The number of carbonyl (C=O) groups excluding carboxylic acids is 3. The Morgan fingerprint density at radius 3 is 2.35 bits per heavy atom. The number of nitrogens with one attached hydrogen (secondary N) is 2. The molecule has 1 aromatic heterocycles. The molecule has 1 aromatic rings. The van der Waals surface area contributed by atoms with Crippen LogP contribution >= 0.6 is 0 Å². The fourth-order valence-electron chi connectivity index (χ4n) is 4.56. The molecular weight excluding hydrogens is 480 g/mol. The van der Waals surface area contributed by atoms with Gasteiger partial charge in [0.25, 0.3) is 0 Å². The number of nitrogens with zero attached hydrogens (tertiary/aromatic N) is 4. The van der Waals surface area contributed by atoms with Gasteiger partial charge < -0.3 is 25.4 Å². The summed E-state index contributed by atoms with van der Waals surface area (Å²) in [6.07, 6.45) is 2.75. The van der Waals surface area contributed by atoms with Crippen LogP contribution in [-0.2, 0) is 19.1 Å². The fraction of sp³-hybridized carbons (Fsp3) is 0.680. The number of ether oxygens (including phenoxy) is 1. The molecule has 0 unspecified atom stereocenters. The van der Waals surface area contributed by atoms with Crippen LogP contribution < -0.4 is 10.6 Å². The quantitative estimate of drug-likeness (QED) is 0.462. The van der Waals surface area contributed by atoms with E-state index in [-0.39, 0.29) is 19.4 Å². The summed E-state index contributed by atoms with van der Waals surface area (Å²) >= 11 is 0. The van der Waals surface area contributed by atoms with Crippen molar-refractivity contribution < 1.29 is 29.0 Å². The van der Waals surface area contributed by atoms with Crippen molar-refractivity contribution in [1.82, 2.24) is 30.5 Å². The lowest BCUT2D eigenvalue weighted by molar-refractivity contribution is -0.146. The molecule has 12 nitrogen and oxygen atoms in total. The van der Waals surface area contributed by atoms with Gasteiger partial charge in [0, 0.05) is 18.9 Å². The summed E-state index contributed by atoms with van der Waals surface area (Å²) in [4.78, 5) is 54.8. The van der Waals surface area contributed by atoms with Crippen molar-refractivity contribution in [2.24, 2.45) is 11.3 Å². The third-order valence-corrected chi connectivity index (χ3v) is 6.62. The highest BCUT2D eigenvalue weighted by atomic mass is 16.6. The molecule has 0 radical (unpaired) electrons. The fourth-order valence-corrected chi connectivity index (χ4v) is 4.56. The molecule has 0 aromatic carbocycles. The summed E-state index contributed by atoms with van der Waals surface area (Å²) in [5.74, 6) is -2.62. The first kappa shape index (κ1) is 28.1. The molecule has 5 atom stereocenters. The molecule has 2 aliphatic rings. The van der Waals surface area contributed by atoms with Gasteiger partial charge in [-0.2, -0.15) is 15.0 Å². The summed E-state index contributed by atoms with van der Waals surface area (Å²) < 4.78 is 5.37. The second kappa shape index (κ2) is 9.79. The van der Waals surface area contributed by atoms with Crippen LogP contribution in [0.1, 0.15) is 66.1 Å². The van der Waals surface area contributed by atoms with Crippen molar-refractivity contribution in [3.05, 3.63) is 24.5 Å². The van der Waals surface area contributed by atoms with Gasteiger partial charge in [-0.1, -0.05) is 26.8 Å². The van der Waals surface area contributed by atoms with E-state index in [4.69, 9.17) is 4.74 Å². The molecule has 3 N–H and O–H groups in total. The molecule has 12 heteroatoms. The second-order valence-electron chi connectivity index (χ2n) is 12.0. The summed E-state index contributed by atoms with van der Waals surface area (Å²) in [5.41, 5.74) is -2.25. The zero-order valence-corrected chi connectivity index (χ0v) is 22.6. The lowest BCUT2D eigenvalue weighted by Crippen LogP contribution is -2.59. The molecule has 37 heavy (non-hydrogen) atoms. The molecule has 0 bridgehead atoms. The maximum absolute atomic E-state index is 13.9. The molecule has 204 valence electrons. The van der Waals surface area contributed by atoms with Crippen LogP contribution in [0, 0.1) is 18.3 Å². The number of alkyl carbamates (subject to hydrolysis) is 1. The van der Waals surface area contributed by atoms with E-state index in [0.29, 0.717) is 5.69 Å². The molecule has 1 saturated heterocycles. The van der Waals surface area contributed by atoms with Crippen molar-refractivity contribution in [3.63, 3.8) is 0 Å². The second-order valence-corrected chi connectivity index (χ2v) is 12.0. The van der Waals surface area contributed by atoms with Crippen molar-refractivity contribution in [3.8, 4) is 0 Å². The molecule has 2 heterocycles. The minimum absolute atomic E-state index is 0.110. The Morgan fingerprint density at radius 1 is 1.24 bits per heavy atom. The van der Waals surface area contributed by atoms with Crippen molar-refractivity contribution in [2.45, 2.75) is 90.6 Å². The Labute approximate surface area is 216 Å². The number of amides is 3. The van der Waals surface area contributed by atoms with Crippen molar-refractivity contribution in [1.29, 1.82) is 0 Å². The van der Waals surface area contributed by atoms with Crippen LogP contribution in [0.25, 0.3) is 0 Å². The standard InChI is InChI=1S/C25H38N6O6/c1-9-15-11-25(15,21(34)35)28-19(32)17-10-16(31-26-12-14(2)29-31)13-30(17)20(33)18(23(3,4)5)27-22(36)37-24(6,7)8/h9,12,15-18H,1,10-11,13H2,2-8H3,(H,27,36)(H,28,32)(H,34,35)/t15-,16-,17+,18-,25-/m1/s1. The average molecular weight is 519 g/mol. The van der Waals surface area contributed by atoms with E-state index < -0.39 is 64.5 Å². The van der Waals surface area contributed by atoms with Crippen LogP contribution in [-0.4, -0.2) is 78.6 Å². The average Bonchev–Trinajstić information content (AvgIpc) is 3.07. The van der Waals surface area contributed by atoms with E-state index in [9.17, 15) is 24.3 Å². The molecule has 1 saturated carbocycles. The van der Waals surface area contributed by atoms with Gasteiger partial charge in [-0.15, -0.1) is 6.58 Å². The third kappa shape index (κ3) is 6.11. The summed E-state index contributed by atoms with van der Waals surface area (Å²) in [5, 5.41) is 23.7. The predicted octanol–water partition coefficient (Wildman–Crippen LogP) is 1.81. The summed E-state index contributed by atoms with van der Waals surface area (Å²) in [7, 11) is 0. The van der Waals surface area contributed by atoms with E-state index >= 15 is 0 Å². The minimum atomic E-state index is -1.44. The zero-order valence-electron chi connectivity index (χ0n) is 22.6. The molecule has 1 aliphatic carbocycles. The van der Waals surface area contributed by atoms with Gasteiger partial charge in [0.1, 0.15) is 23.2 Å². The van der Waals surface area contributed by atoms with Gasteiger partial charge in [0.15, 0.2) is 0 Å². The smallest absolute Gasteiger partial charge is 0.408 e. The van der Waals surface area contributed by atoms with Crippen LogP contribution in [0.3, 0.4) is 0 Å². The van der Waals surface area contributed by atoms with E-state index in [0.717, 1.165) is 0 Å². The third-order valence-electron chi connectivity index (χ3n) is 6.62. The lowest BCUT2D eigenvalue weighted by Gasteiger charge is -2.36. The first-order valence-electron chi connectivity index (χ1n) is 12.3. The zero-order chi connectivity index (χ0) is 27.9. The number of hydrogen-bond donors (Lipinski definition) is 3. The molecule has 1 aliphatic heterocycles.